The molecule has 0 bridgehead atoms. The molecule has 2 heterocycles. The molecule has 0 aromatic carbocycles. The van der Waals surface area contributed by atoms with Crippen molar-refractivity contribution in [3.63, 3.8) is 0 Å². The van der Waals surface area contributed by atoms with E-state index in [4.69, 9.17) is 4.74 Å². The highest BCUT2D eigenvalue weighted by Crippen LogP contribution is 2.38. The lowest BCUT2D eigenvalue weighted by atomic mass is 9.95. The van der Waals surface area contributed by atoms with Gasteiger partial charge in [0.25, 0.3) is 11.8 Å². The number of ether oxygens (including phenoxy) is 1. The number of hydrogen-bond acceptors (Lipinski definition) is 6. The van der Waals surface area contributed by atoms with Gasteiger partial charge >= 0.3 is 0 Å². The fourth-order valence-corrected chi connectivity index (χ4v) is 5.56. The summed E-state index contributed by atoms with van der Waals surface area (Å²) >= 11 is 6.33. The Labute approximate surface area is 181 Å². The lowest BCUT2D eigenvalue weighted by Gasteiger charge is -2.19. The first kappa shape index (κ1) is 21.4. The van der Waals surface area contributed by atoms with Crippen LogP contribution in [0.5, 0.6) is 0 Å². The predicted molar refractivity (Wildman–Crippen MR) is 116 cm³/mol. The maximum atomic E-state index is 13.0. The third-order valence-electron chi connectivity index (χ3n) is 4.24. The number of rotatable bonds is 6. The van der Waals surface area contributed by atoms with Gasteiger partial charge < -0.3 is 15.4 Å². The lowest BCUT2D eigenvalue weighted by molar-refractivity contribution is -0.125. The molecule has 2 aromatic heterocycles. The van der Waals surface area contributed by atoms with Crippen LogP contribution in [0.15, 0.2) is 10.1 Å². The van der Waals surface area contributed by atoms with E-state index in [1.807, 2.05) is 20.8 Å². The van der Waals surface area contributed by atoms with Gasteiger partial charge in [-0.1, -0.05) is 0 Å². The molecule has 2 N–H and O–H groups in total. The van der Waals surface area contributed by atoms with E-state index in [2.05, 4.69) is 31.5 Å². The van der Waals surface area contributed by atoms with Gasteiger partial charge in [0.1, 0.15) is 11.6 Å². The average Bonchev–Trinajstić information content (AvgIpc) is 3.20. The number of halogens is 1. The molecule has 0 spiro atoms. The van der Waals surface area contributed by atoms with Gasteiger partial charge in [0.05, 0.1) is 17.7 Å². The van der Waals surface area contributed by atoms with Crippen molar-refractivity contribution in [2.75, 3.05) is 11.9 Å². The minimum Gasteiger partial charge on any atom is -0.366 e. The number of fused-ring (bicyclic) bond motifs is 1. The summed E-state index contributed by atoms with van der Waals surface area (Å²) in [6, 6.07) is 0. The number of aromatic nitrogens is 1. The van der Waals surface area contributed by atoms with Gasteiger partial charge in [-0.05, 0) is 67.9 Å². The molecule has 0 fully saturated rings. The second-order valence-corrected chi connectivity index (χ2v) is 11.1. The average molecular weight is 486 g/mol. The zero-order chi connectivity index (χ0) is 20.3. The minimum absolute atomic E-state index is 0.0397. The molecule has 9 heteroatoms. The van der Waals surface area contributed by atoms with Crippen LogP contribution in [0.25, 0.3) is 0 Å². The predicted octanol–water partition coefficient (Wildman–Crippen LogP) is 4.53. The molecular formula is C19H24BrN3O3S2. The van der Waals surface area contributed by atoms with Crippen LogP contribution in [-0.4, -0.2) is 29.0 Å². The Morgan fingerprint density at radius 2 is 2.00 bits per heavy atom. The Balaban J connectivity index is 1.75. The number of amides is 2. The highest BCUT2D eigenvalue weighted by atomic mass is 79.9. The van der Waals surface area contributed by atoms with Gasteiger partial charge in [-0.3, -0.25) is 9.59 Å². The quantitative estimate of drug-likeness (QED) is 0.629. The Morgan fingerprint density at radius 3 is 2.68 bits per heavy atom. The summed E-state index contributed by atoms with van der Waals surface area (Å²) in [5.41, 5.74) is 1.29. The molecular weight excluding hydrogens is 462 g/mol. The first-order chi connectivity index (χ1) is 13.2. The van der Waals surface area contributed by atoms with Crippen LogP contribution in [-0.2, 0) is 28.9 Å². The van der Waals surface area contributed by atoms with E-state index >= 15 is 0 Å². The van der Waals surface area contributed by atoms with E-state index < -0.39 is 5.60 Å². The van der Waals surface area contributed by atoms with Crippen molar-refractivity contribution >= 4 is 55.4 Å². The van der Waals surface area contributed by atoms with Crippen LogP contribution in [0, 0.1) is 0 Å². The summed E-state index contributed by atoms with van der Waals surface area (Å²) < 4.78 is 6.34. The van der Waals surface area contributed by atoms with Crippen LogP contribution < -0.4 is 10.6 Å². The summed E-state index contributed by atoms with van der Waals surface area (Å²) in [5, 5.41) is 6.49. The molecule has 0 atom stereocenters. The van der Waals surface area contributed by atoms with Crippen molar-refractivity contribution in [2.24, 2.45) is 0 Å². The largest absolute Gasteiger partial charge is 0.366 e. The highest BCUT2D eigenvalue weighted by Gasteiger charge is 2.26. The van der Waals surface area contributed by atoms with Gasteiger partial charge in [-0.15, -0.1) is 22.7 Å². The maximum Gasteiger partial charge on any atom is 0.254 e. The number of thiazole rings is 1. The third kappa shape index (κ3) is 5.62. The van der Waals surface area contributed by atoms with Crippen LogP contribution >= 0.6 is 38.6 Å². The number of carbonyl (C=O) groups is 2. The molecule has 3 rings (SSSR count). The van der Waals surface area contributed by atoms with Gasteiger partial charge in [0.15, 0.2) is 3.92 Å². The van der Waals surface area contributed by atoms with Crippen molar-refractivity contribution < 1.29 is 14.3 Å². The molecule has 2 amide bonds. The van der Waals surface area contributed by atoms with Crippen LogP contribution in [0.1, 0.15) is 59.3 Å². The van der Waals surface area contributed by atoms with Gasteiger partial charge in [0, 0.05) is 16.0 Å². The third-order valence-corrected chi connectivity index (χ3v) is 6.92. The van der Waals surface area contributed by atoms with E-state index in [-0.39, 0.29) is 18.4 Å². The van der Waals surface area contributed by atoms with Crippen molar-refractivity contribution in [1.82, 2.24) is 10.3 Å². The number of carbonyl (C=O) groups excluding carboxylic acids is 2. The van der Waals surface area contributed by atoms with Crippen LogP contribution in [0.2, 0.25) is 0 Å². The second-order valence-electron chi connectivity index (χ2n) is 7.63. The van der Waals surface area contributed by atoms with Gasteiger partial charge in [0.2, 0.25) is 0 Å². The second kappa shape index (κ2) is 9.02. The maximum absolute atomic E-state index is 13.0. The smallest absolute Gasteiger partial charge is 0.254 e. The fourth-order valence-electron chi connectivity index (χ4n) is 2.96. The van der Waals surface area contributed by atoms with Gasteiger partial charge in [-0.2, -0.15) is 0 Å². The molecule has 0 unspecified atom stereocenters. The number of anilines is 1. The Hall–Kier alpha value is -1.29. The fraction of sp³-hybridized carbons (Fsp3) is 0.526. The number of nitrogens with one attached hydrogen (secondary N) is 2. The normalized spacial score (nSPS) is 13.9. The van der Waals surface area contributed by atoms with Crippen LogP contribution in [0.3, 0.4) is 0 Å². The summed E-state index contributed by atoms with van der Waals surface area (Å²) in [4.78, 5) is 31.6. The summed E-state index contributed by atoms with van der Waals surface area (Å²) in [7, 11) is 0. The lowest BCUT2D eigenvalue weighted by Crippen LogP contribution is -2.28. The molecule has 152 valence electrons. The van der Waals surface area contributed by atoms with E-state index in [0.717, 1.165) is 40.0 Å². The summed E-state index contributed by atoms with van der Waals surface area (Å²) in [6.07, 6.45) is 5.74. The molecule has 28 heavy (non-hydrogen) atoms. The van der Waals surface area contributed by atoms with E-state index in [1.54, 1.807) is 6.20 Å². The van der Waals surface area contributed by atoms with Crippen molar-refractivity contribution in [2.45, 2.75) is 58.6 Å². The molecule has 0 saturated heterocycles. The van der Waals surface area contributed by atoms with E-state index in [0.29, 0.717) is 17.1 Å². The minimum atomic E-state index is -0.394. The standard InChI is InChI=1S/C19H24BrN3O3S2/c1-19(2,3)26-10-14(24)23-17-15(12-6-4-5-7-13(12)28-17)16(25)21-8-11-9-22-18(20)27-11/h9H,4-8,10H2,1-3H3,(H,21,25)(H,23,24). The van der Waals surface area contributed by atoms with E-state index in [9.17, 15) is 9.59 Å². The zero-order valence-corrected chi connectivity index (χ0v) is 19.4. The molecule has 1 aliphatic carbocycles. The molecule has 0 aliphatic heterocycles. The molecule has 0 radical (unpaired) electrons. The van der Waals surface area contributed by atoms with Crippen molar-refractivity contribution in [3.05, 3.63) is 31.0 Å². The first-order valence-corrected chi connectivity index (χ1v) is 11.6. The number of hydrogen-bond donors (Lipinski definition) is 2. The van der Waals surface area contributed by atoms with Gasteiger partial charge in [-0.25, -0.2) is 4.98 Å². The number of aryl methyl sites for hydroxylation is 1. The zero-order valence-electron chi connectivity index (χ0n) is 16.2. The molecule has 2 aromatic rings. The topological polar surface area (TPSA) is 80.3 Å². The summed E-state index contributed by atoms with van der Waals surface area (Å²) in [5.74, 6) is -0.398. The Morgan fingerprint density at radius 1 is 1.25 bits per heavy atom. The molecule has 6 nitrogen and oxygen atoms in total. The monoisotopic (exact) mass is 485 g/mol. The first-order valence-electron chi connectivity index (χ1n) is 9.19. The van der Waals surface area contributed by atoms with Crippen molar-refractivity contribution in [3.8, 4) is 0 Å². The number of nitrogens with zero attached hydrogens (tertiary/aromatic N) is 1. The van der Waals surface area contributed by atoms with Crippen LogP contribution in [0.4, 0.5) is 5.00 Å². The Kier molecular flexibility index (Phi) is 6.90. The summed E-state index contributed by atoms with van der Waals surface area (Å²) in [6.45, 7) is 6.08. The van der Waals surface area contributed by atoms with Crippen molar-refractivity contribution in [1.29, 1.82) is 0 Å². The SMILES string of the molecule is CC(C)(C)OCC(=O)Nc1sc2c(c1C(=O)NCc1cnc(Br)s1)CCCC2. The molecule has 0 saturated carbocycles. The number of thiophene rings is 1. The molecule has 1 aliphatic rings. The highest BCUT2D eigenvalue weighted by molar-refractivity contribution is 9.11. The Bertz CT molecular complexity index is 870. The van der Waals surface area contributed by atoms with E-state index in [1.165, 1.54) is 27.6 Å².